The fourth-order valence-electron chi connectivity index (χ4n) is 5.25. The lowest BCUT2D eigenvalue weighted by molar-refractivity contribution is -0.161. The van der Waals surface area contributed by atoms with E-state index in [1.54, 1.807) is 0 Å². The number of allylic oxidation sites excluding steroid dienone is 16. The number of unbranched alkanes of at least 4 members (excludes halogenated alkanes) is 10. The van der Waals surface area contributed by atoms with Gasteiger partial charge in [-0.15, -0.1) is 0 Å². The van der Waals surface area contributed by atoms with Crippen molar-refractivity contribution >= 4 is 19.8 Å². The van der Waals surface area contributed by atoms with Crippen LogP contribution in [-0.4, -0.2) is 49.3 Å². The van der Waals surface area contributed by atoms with E-state index in [1.165, 1.54) is 25.7 Å². The van der Waals surface area contributed by atoms with E-state index in [-0.39, 0.29) is 32.6 Å². The standard InChI is InChI=1S/C47H78NO8P/c1-3-5-7-9-11-13-15-17-19-21-22-24-26-28-30-32-34-36-38-40-47(50)56-45(44-55-57(51,52)54-42-41-48)43-53-46(49)39-37-35-33-31-29-27-25-23-20-18-16-14-12-10-8-6-4-2/h6,8,11-14,17-20,22,24-25,27-28,30,45H,3-5,7,9-10,15-16,21,23,26,29,31-44,48H2,1-2H3,(H,51,52)/b8-6-,13-11-,14-12-,19-17-,20-18-,24-22-,27-25-,30-28-/t45-/m1/s1. The van der Waals surface area contributed by atoms with Crippen LogP contribution in [0.4, 0.5) is 0 Å². The summed E-state index contributed by atoms with van der Waals surface area (Å²) in [4.78, 5) is 34.9. The fraction of sp³-hybridized carbons (Fsp3) is 0.617. The minimum Gasteiger partial charge on any atom is -0.462 e. The maximum absolute atomic E-state index is 12.6. The van der Waals surface area contributed by atoms with E-state index in [1.807, 2.05) is 0 Å². The second kappa shape index (κ2) is 42.5. The first kappa shape index (κ1) is 53.9. The first-order valence-corrected chi connectivity index (χ1v) is 23.2. The first-order valence-electron chi connectivity index (χ1n) is 21.7. The number of carbonyl (C=O) groups is 2. The Morgan fingerprint density at radius 1 is 0.544 bits per heavy atom. The zero-order valence-corrected chi connectivity index (χ0v) is 36.4. The third-order valence-corrected chi connectivity index (χ3v) is 9.44. The van der Waals surface area contributed by atoms with Crippen molar-refractivity contribution in [3.05, 3.63) is 97.2 Å². The van der Waals surface area contributed by atoms with Crippen molar-refractivity contribution in [2.24, 2.45) is 5.73 Å². The van der Waals surface area contributed by atoms with Crippen LogP contribution in [0.5, 0.6) is 0 Å². The van der Waals surface area contributed by atoms with E-state index in [0.717, 1.165) is 89.9 Å². The summed E-state index contributed by atoms with van der Waals surface area (Å²) in [5.41, 5.74) is 5.34. The largest absolute Gasteiger partial charge is 0.472 e. The minimum absolute atomic E-state index is 0.0385. The number of hydrogen-bond acceptors (Lipinski definition) is 8. The number of carbonyl (C=O) groups excluding carboxylic acids is 2. The number of nitrogens with two attached hydrogens (primary N) is 1. The van der Waals surface area contributed by atoms with Gasteiger partial charge in [0.15, 0.2) is 6.10 Å². The fourth-order valence-corrected chi connectivity index (χ4v) is 6.02. The second-order valence-corrected chi connectivity index (χ2v) is 15.3. The van der Waals surface area contributed by atoms with E-state index in [4.69, 9.17) is 24.3 Å². The molecule has 0 aromatic rings. The molecule has 0 saturated carbocycles. The number of hydrogen-bond donors (Lipinski definition) is 2. The van der Waals surface area contributed by atoms with Crippen molar-refractivity contribution in [1.82, 2.24) is 0 Å². The molecule has 2 atom stereocenters. The van der Waals surface area contributed by atoms with E-state index >= 15 is 0 Å². The SMILES string of the molecule is CC/C=C\C/C=C\C/C=C\C/C=C\CCCCCCC(=O)OC[C@H](COP(=O)(O)OCCN)OC(=O)CCCCC/C=C\C/C=C\C/C=C\C/C=C\CCCCC. The molecule has 0 fully saturated rings. The molecule has 0 aliphatic rings. The minimum atomic E-state index is -4.40. The molecule has 0 heterocycles. The zero-order valence-electron chi connectivity index (χ0n) is 35.5. The van der Waals surface area contributed by atoms with Crippen molar-refractivity contribution in [3.8, 4) is 0 Å². The Bertz CT molecular complexity index is 1250. The Balaban J connectivity index is 4.29. The van der Waals surface area contributed by atoms with Gasteiger partial charge in [0.05, 0.1) is 13.2 Å². The Kier molecular flexibility index (Phi) is 40.2. The lowest BCUT2D eigenvalue weighted by Gasteiger charge is -2.19. The van der Waals surface area contributed by atoms with Crippen molar-refractivity contribution in [2.75, 3.05) is 26.4 Å². The van der Waals surface area contributed by atoms with Crippen molar-refractivity contribution in [1.29, 1.82) is 0 Å². The third kappa shape index (κ3) is 42.4. The summed E-state index contributed by atoms with van der Waals surface area (Å²) in [5, 5.41) is 0. The zero-order chi connectivity index (χ0) is 41.8. The molecule has 9 nitrogen and oxygen atoms in total. The first-order chi connectivity index (χ1) is 27.8. The topological polar surface area (TPSA) is 134 Å². The molecule has 0 amide bonds. The van der Waals surface area contributed by atoms with Gasteiger partial charge in [-0.25, -0.2) is 4.57 Å². The van der Waals surface area contributed by atoms with Crippen LogP contribution in [0.3, 0.4) is 0 Å². The summed E-state index contributed by atoms with van der Waals surface area (Å²) in [7, 11) is -4.40. The van der Waals surface area contributed by atoms with Gasteiger partial charge in [-0.2, -0.15) is 0 Å². The van der Waals surface area contributed by atoms with E-state index in [9.17, 15) is 19.0 Å². The molecule has 0 aromatic carbocycles. The number of phosphoric ester groups is 1. The van der Waals surface area contributed by atoms with Crippen molar-refractivity contribution in [2.45, 2.75) is 161 Å². The van der Waals surface area contributed by atoms with Crippen LogP contribution < -0.4 is 5.73 Å². The average molecular weight is 816 g/mol. The molecule has 324 valence electrons. The van der Waals surface area contributed by atoms with Gasteiger partial charge in [-0.3, -0.25) is 18.6 Å². The summed E-state index contributed by atoms with van der Waals surface area (Å²) in [6, 6.07) is 0. The highest BCUT2D eigenvalue weighted by Crippen LogP contribution is 2.43. The van der Waals surface area contributed by atoms with Crippen LogP contribution in [0.15, 0.2) is 97.2 Å². The summed E-state index contributed by atoms with van der Waals surface area (Å²) in [6.45, 7) is 3.50. The second-order valence-electron chi connectivity index (χ2n) is 13.8. The average Bonchev–Trinajstić information content (AvgIpc) is 3.20. The van der Waals surface area contributed by atoms with Crippen LogP contribution in [-0.2, 0) is 32.7 Å². The molecule has 0 radical (unpaired) electrons. The lowest BCUT2D eigenvalue weighted by atomic mass is 10.1. The molecule has 0 spiro atoms. The molecular weight excluding hydrogens is 737 g/mol. The maximum Gasteiger partial charge on any atom is 0.472 e. The third-order valence-electron chi connectivity index (χ3n) is 8.45. The van der Waals surface area contributed by atoms with Crippen LogP contribution in [0.25, 0.3) is 0 Å². The Morgan fingerprint density at radius 3 is 1.44 bits per heavy atom. The Morgan fingerprint density at radius 2 is 0.965 bits per heavy atom. The van der Waals surface area contributed by atoms with Crippen molar-refractivity contribution in [3.63, 3.8) is 0 Å². The van der Waals surface area contributed by atoms with Gasteiger partial charge >= 0.3 is 19.8 Å². The molecular formula is C47H78NO8P. The smallest absolute Gasteiger partial charge is 0.462 e. The number of esters is 2. The molecule has 0 aliphatic heterocycles. The molecule has 1 unspecified atom stereocenters. The quantitative estimate of drug-likeness (QED) is 0.0269. The normalized spacial score (nSPS) is 14.2. The lowest BCUT2D eigenvalue weighted by Crippen LogP contribution is -2.29. The van der Waals surface area contributed by atoms with Crippen LogP contribution in [0.2, 0.25) is 0 Å². The predicted octanol–water partition coefficient (Wildman–Crippen LogP) is 12.6. The summed E-state index contributed by atoms with van der Waals surface area (Å²) in [5.74, 6) is -0.903. The Labute approximate surface area is 346 Å². The van der Waals surface area contributed by atoms with Gasteiger partial charge in [0, 0.05) is 19.4 Å². The molecule has 0 aromatic heterocycles. The molecule has 57 heavy (non-hydrogen) atoms. The van der Waals surface area contributed by atoms with Gasteiger partial charge in [0.1, 0.15) is 6.61 Å². The summed E-state index contributed by atoms with van der Waals surface area (Å²) in [6.07, 6.45) is 54.3. The van der Waals surface area contributed by atoms with Gasteiger partial charge in [-0.1, -0.05) is 143 Å². The maximum atomic E-state index is 12.6. The van der Waals surface area contributed by atoms with Crippen LogP contribution in [0, 0.1) is 0 Å². The molecule has 0 bridgehead atoms. The van der Waals surface area contributed by atoms with Crippen LogP contribution in [0.1, 0.15) is 155 Å². The summed E-state index contributed by atoms with van der Waals surface area (Å²) >= 11 is 0. The molecule has 0 saturated heterocycles. The molecule has 0 aliphatic carbocycles. The highest BCUT2D eigenvalue weighted by molar-refractivity contribution is 7.47. The van der Waals surface area contributed by atoms with E-state index in [2.05, 4.69) is 111 Å². The van der Waals surface area contributed by atoms with Gasteiger partial charge < -0.3 is 20.1 Å². The number of rotatable bonds is 39. The molecule has 10 heteroatoms. The van der Waals surface area contributed by atoms with Gasteiger partial charge in [0.2, 0.25) is 0 Å². The molecule has 3 N–H and O–H groups in total. The van der Waals surface area contributed by atoms with Crippen molar-refractivity contribution < 1.29 is 37.6 Å². The van der Waals surface area contributed by atoms with Gasteiger partial charge in [0.25, 0.3) is 0 Å². The van der Waals surface area contributed by atoms with Gasteiger partial charge in [-0.05, 0) is 96.3 Å². The monoisotopic (exact) mass is 816 g/mol. The number of phosphoric acid groups is 1. The number of ether oxygens (including phenoxy) is 2. The Hall–Kier alpha value is -3.07. The summed E-state index contributed by atoms with van der Waals surface area (Å²) < 4.78 is 32.7. The predicted molar refractivity (Wildman–Crippen MR) is 238 cm³/mol. The van der Waals surface area contributed by atoms with E-state index < -0.39 is 32.5 Å². The van der Waals surface area contributed by atoms with E-state index in [0.29, 0.717) is 12.8 Å². The van der Waals surface area contributed by atoms with Crippen LogP contribution >= 0.6 is 7.82 Å². The highest BCUT2D eigenvalue weighted by atomic mass is 31.2. The molecule has 0 rings (SSSR count). The highest BCUT2D eigenvalue weighted by Gasteiger charge is 2.25.